The minimum atomic E-state index is -4.49. The maximum atomic E-state index is 13.6. The molecule has 34 heavy (non-hydrogen) atoms. The Bertz CT molecular complexity index is 1240. The molecule has 0 unspecified atom stereocenters. The number of halogens is 3. The number of aromatic nitrogens is 2. The first-order valence-corrected chi connectivity index (χ1v) is 11.0. The Labute approximate surface area is 196 Å². The first kappa shape index (κ1) is 23.9. The lowest BCUT2D eigenvalue weighted by molar-refractivity contribution is -0.138. The summed E-state index contributed by atoms with van der Waals surface area (Å²) >= 11 is 0. The number of ether oxygens (including phenoxy) is 1. The fourth-order valence-corrected chi connectivity index (χ4v) is 4.14. The standard InChI is InChI=1S/C26H26F3N3O2/c1-16-6-4-5-7-21(16)22-11-10-18(12-20(22)15-33-3)25-31-24(32-34-25)17-8-9-19(14-30-2)23(13-17)26(27,28)29/h5,7-13,30H,4,6,14-15H2,1-3H3. The van der Waals surface area contributed by atoms with Gasteiger partial charge in [-0.05, 0) is 67.3 Å². The molecule has 0 atom stereocenters. The molecule has 1 aliphatic rings. The molecule has 8 heteroatoms. The zero-order valence-electron chi connectivity index (χ0n) is 19.3. The van der Waals surface area contributed by atoms with E-state index in [0.29, 0.717) is 12.2 Å². The smallest absolute Gasteiger partial charge is 0.380 e. The minimum absolute atomic E-state index is 0.0997. The lowest BCUT2D eigenvalue weighted by Gasteiger charge is -2.17. The Morgan fingerprint density at radius 3 is 2.59 bits per heavy atom. The second kappa shape index (κ2) is 9.95. The van der Waals surface area contributed by atoms with Crippen LogP contribution in [0.4, 0.5) is 13.2 Å². The molecular weight excluding hydrogens is 443 g/mol. The molecule has 1 heterocycles. The number of nitrogens with zero attached hydrogens (tertiary/aromatic N) is 2. The van der Waals surface area contributed by atoms with Gasteiger partial charge in [0.25, 0.3) is 5.89 Å². The molecule has 3 aromatic rings. The van der Waals surface area contributed by atoms with Crippen molar-refractivity contribution in [3.05, 3.63) is 76.4 Å². The highest BCUT2D eigenvalue weighted by Crippen LogP contribution is 2.36. The summed E-state index contributed by atoms with van der Waals surface area (Å²) in [5.74, 6) is 0.333. The fourth-order valence-electron chi connectivity index (χ4n) is 4.14. The summed E-state index contributed by atoms with van der Waals surface area (Å²) in [5.41, 5.74) is 4.89. The van der Waals surface area contributed by atoms with Crippen molar-refractivity contribution >= 4 is 5.57 Å². The minimum Gasteiger partial charge on any atom is -0.380 e. The quantitative estimate of drug-likeness (QED) is 0.433. The van der Waals surface area contributed by atoms with Gasteiger partial charge in [0, 0.05) is 24.8 Å². The molecule has 1 N–H and O–H groups in total. The normalized spacial score (nSPS) is 14.2. The van der Waals surface area contributed by atoms with Gasteiger partial charge >= 0.3 is 6.18 Å². The summed E-state index contributed by atoms with van der Waals surface area (Å²) in [4.78, 5) is 4.38. The van der Waals surface area contributed by atoms with Crippen LogP contribution in [0.3, 0.4) is 0 Å². The van der Waals surface area contributed by atoms with Gasteiger partial charge in [0.05, 0.1) is 12.2 Å². The highest BCUT2D eigenvalue weighted by Gasteiger charge is 2.33. The van der Waals surface area contributed by atoms with Crippen LogP contribution in [0.2, 0.25) is 0 Å². The first-order chi connectivity index (χ1) is 16.3. The van der Waals surface area contributed by atoms with E-state index in [1.165, 1.54) is 17.2 Å². The number of hydrogen-bond donors (Lipinski definition) is 1. The van der Waals surface area contributed by atoms with Gasteiger partial charge in [0.15, 0.2) is 0 Å². The number of allylic oxidation sites excluding steroid dienone is 4. The predicted octanol–water partition coefficient (Wildman–Crippen LogP) is 6.41. The van der Waals surface area contributed by atoms with Crippen LogP contribution < -0.4 is 5.32 Å². The third-order valence-corrected chi connectivity index (χ3v) is 5.84. The van der Waals surface area contributed by atoms with Crippen LogP contribution in [0.5, 0.6) is 0 Å². The Morgan fingerprint density at radius 2 is 1.88 bits per heavy atom. The number of hydrogen-bond acceptors (Lipinski definition) is 5. The highest BCUT2D eigenvalue weighted by molar-refractivity contribution is 5.80. The topological polar surface area (TPSA) is 60.2 Å². The van der Waals surface area contributed by atoms with Crippen molar-refractivity contribution in [1.29, 1.82) is 0 Å². The Morgan fingerprint density at radius 1 is 1.09 bits per heavy atom. The molecule has 0 radical (unpaired) electrons. The van der Waals surface area contributed by atoms with Gasteiger partial charge in [0.2, 0.25) is 5.82 Å². The molecule has 1 aliphatic carbocycles. The molecule has 0 bridgehead atoms. The number of benzene rings is 2. The summed E-state index contributed by atoms with van der Waals surface area (Å²) in [6.45, 7) is 2.63. The molecule has 0 spiro atoms. The average molecular weight is 470 g/mol. The van der Waals surface area contributed by atoms with E-state index in [4.69, 9.17) is 9.26 Å². The SMILES string of the molecule is CNCc1ccc(-c2noc(-c3ccc(C4=C(C)CCC=C4)c(COC)c3)n2)cc1C(F)(F)F. The van der Waals surface area contributed by atoms with Crippen LogP contribution in [-0.2, 0) is 24.1 Å². The summed E-state index contributed by atoms with van der Waals surface area (Å²) in [5, 5.41) is 6.70. The van der Waals surface area contributed by atoms with Crippen molar-refractivity contribution < 1.29 is 22.4 Å². The third kappa shape index (κ3) is 4.98. The second-order valence-electron chi connectivity index (χ2n) is 8.26. The number of alkyl halides is 3. The molecule has 0 saturated heterocycles. The maximum Gasteiger partial charge on any atom is 0.416 e. The van der Waals surface area contributed by atoms with E-state index in [2.05, 4.69) is 34.5 Å². The predicted molar refractivity (Wildman–Crippen MR) is 125 cm³/mol. The maximum absolute atomic E-state index is 13.6. The van der Waals surface area contributed by atoms with Crippen molar-refractivity contribution in [1.82, 2.24) is 15.5 Å². The van der Waals surface area contributed by atoms with Gasteiger partial charge < -0.3 is 14.6 Å². The molecule has 0 aliphatic heterocycles. The lowest BCUT2D eigenvalue weighted by Crippen LogP contribution is -2.14. The average Bonchev–Trinajstić information content (AvgIpc) is 3.30. The van der Waals surface area contributed by atoms with Crippen molar-refractivity contribution in [3.8, 4) is 22.8 Å². The van der Waals surface area contributed by atoms with Gasteiger partial charge in [-0.1, -0.05) is 41.1 Å². The van der Waals surface area contributed by atoms with Crippen molar-refractivity contribution in [3.63, 3.8) is 0 Å². The Balaban J connectivity index is 1.70. The second-order valence-corrected chi connectivity index (χ2v) is 8.26. The van der Waals surface area contributed by atoms with Crippen molar-refractivity contribution in [2.75, 3.05) is 14.2 Å². The van der Waals surface area contributed by atoms with E-state index in [1.807, 2.05) is 18.2 Å². The number of methoxy groups -OCH3 is 1. The fraction of sp³-hybridized carbons (Fsp3) is 0.308. The van der Waals surface area contributed by atoms with E-state index in [0.717, 1.165) is 30.0 Å². The molecule has 5 nitrogen and oxygen atoms in total. The third-order valence-electron chi connectivity index (χ3n) is 5.84. The molecule has 0 amide bonds. The lowest BCUT2D eigenvalue weighted by atomic mass is 9.90. The van der Waals surface area contributed by atoms with Crippen LogP contribution in [0, 0.1) is 0 Å². The molecule has 4 rings (SSSR count). The molecule has 1 aromatic heterocycles. The highest BCUT2D eigenvalue weighted by atomic mass is 19.4. The van der Waals surface area contributed by atoms with Gasteiger partial charge in [-0.25, -0.2) is 0 Å². The van der Waals surface area contributed by atoms with E-state index in [9.17, 15) is 13.2 Å². The first-order valence-electron chi connectivity index (χ1n) is 11.0. The Hall–Kier alpha value is -3.23. The number of nitrogens with one attached hydrogen (secondary N) is 1. The van der Waals surface area contributed by atoms with E-state index in [-0.39, 0.29) is 29.4 Å². The van der Waals surface area contributed by atoms with Gasteiger partial charge in [0.1, 0.15) is 0 Å². The molecular formula is C26H26F3N3O2. The molecule has 0 saturated carbocycles. The van der Waals surface area contributed by atoms with Crippen LogP contribution in [0.1, 0.15) is 42.0 Å². The molecule has 2 aromatic carbocycles. The Kier molecular flexibility index (Phi) is 7.00. The van der Waals surface area contributed by atoms with Crippen LogP contribution >= 0.6 is 0 Å². The van der Waals surface area contributed by atoms with Gasteiger partial charge in [-0.15, -0.1) is 0 Å². The summed E-state index contributed by atoms with van der Waals surface area (Å²) in [6.07, 6.45) is 1.85. The van der Waals surface area contributed by atoms with E-state index >= 15 is 0 Å². The van der Waals surface area contributed by atoms with E-state index in [1.54, 1.807) is 20.2 Å². The summed E-state index contributed by atoms with van der Waals surface area (Å²) in [6, 6.07) is 9.87. The zero-order valence-corrected chi connectivity index (χ0v) is 19.3. The van der Waals surface area contributed by atoms with Crippen molar-refractivity contribution in [2.24, 2.45) is 0 Å². The summed E-state index contributed by atoms with van der Waals surface area (Å²) in [7, 11) is 3.24. The zero-order chi connectivity index (χ0) is 24.3. The van der Waals surface area contributed by atoms with Crippen LogP contribution in [0.15, 0.2) is 58.6 Å². The largest absolute Gasteiger partial charge is 0.416 e. The number of rotatable bonds is 7. The van der Waals surface area contributed by atoms with Crippen LogP contribution in [0.25, 0.3) is 28.4 Å². The van der Waals surface area contributed by atoms with Crippen LogP contribution in [-0.4, -0.2) is 24.3 Å². The van der Waals surface area contributed by atoms with E-state index < -0.39 is 11.7 Å². The van der Waals surface area contributed by atoms with Gasteiger partial charge in [-0.3, -0.25) is 0 Å². The molecule has 178 valence electrons. The monoisotopic (exact) mass is 469 g/mol. The van der Waals surface area contributed by atoms with Crippen molar-refractivity contribution in [2.45, 2.75) is 39.1 Å². The van der Waals surface area contributed by atoms with Gasteiger partial charge in [-0.2, -0.15) is 18.2 Å². The molecule has 0 fully saturated rings. The summed E-state index contributed by atoms with van der Waals surface area (Å²) < 4.78 is 51.5.